The molecule has 1 aliphatic heterocycles. The molecule has 1 nitrogen and oxygen atoms in total. The number of benzene rings is 2. The molecule has 0 amide bonds. The molecule has 2 aromatic carbocycles. The van der Waals surface area contributed by atoms with Gasteiger partial charge in [0, 0.05) is 0 Å². The van der Waals surface area contributed by atoms with Crippen molar-refractivity contribution in [1.82, 2.24) is 0 Å². The molecule has 0 atom stereocenters. The standard InChI is InChI=1S/C16H18N.3CH3.Sn/c1-13-5-6-15-12-16(8-7-14(15)11-13)17-9-3-2-4-10-17;;;;/h5-8,11-12H,1-4,9-10H2;3*1H3;. The molecule has 2 aromatic rings. The molecule has 0 aromatic heterocycles. The van der Waals surface area contributed by atoms with Crippen LogP contribution in [0.5, 0.6) is 0 Å². The van der Waals surface area contributed by atoms with Gasteiger partial charge in [-0.2, -0.15) is 0 Å². The average molecular weight is 388 g/mol. The second kappa shape index (κ2) is 6.19. The van der Waals surface area contributed by atoms with Gasteiger partial charge in [0.1, 0.15) is 0 Å². The number of rotatable bonds is 3. The third-order valence-electron chi connectivity index (χ3n) is 4.34. The van der Waals surface area contributed by atoms with Gasteiger partial charge in [-0.1, -0.05) is 0 Å². The first kappa shape index (κ1) is 15.2. The van der Waals surface area contributed by atoms with E-state index in [1.807, 2.05) is 0 Å². The van der Waals surface area contributed by atoms with Crippen molar-refractivity contribution >= 4 is 34.8 Å². The number of nitrogens with zero attached hydrogens (tertiary/aromatic N) is 1. The Balaban J connectivity index is 1.87. The summed E-state index contributed by atoms with van der Waals surface area (Å²) in [5.74, 6) is 0. The van der Waals surface area contributed by atoms with E-state index in [1.165, 1.54) is 58.8 Å². The Morgan fingerprint density at radius 3 is 2.24 bits per heavy atom. The summed E-state index contributed by atoms with van der Waals surface area (Å²) in [6.07, 6.45) is 4.08. The molecule has 3 rings (SSSR count). The Morgan fingerprint density at radius 2 is 1.52 bits per heavy atom. The molecule has 112 valence electrons. The maximum absolute atomic E-state index is 2.54. The van der Waals surface area contributed by atoms with E-state index in [-0.39, 0.29) is 0 Å². The van der Waals surface area contributed by atoms with Gasteiger partial charge in [-0.25, -0.2) is 0 Å². The Hall–Kier alpha value is -0.701. The van der Waals surface area contributed by atoms with Gasteiger partial charge in [0.15, 0.2) is 0 Å². The fraction of sp³-hybridized carbons (Fsp3) is 0.474. The van der Waals surface area contributed by atoms with Gasteiger partial charge in [-0.05, 0) is 0 Å². The molecule has 2 heteroatoms. The first-order valence-corrected chi connectivity index (χ1v) is 18.9. The van der Waals surface area contributed by atoms with Crippen molar-refractivity contribution < 1.29 is 0 Å². The van der Waals surface area contributed by atoms with Crippen molar-refractivity contribution in [2.45, 2.75) is 38.5 Å². The van der Waals surface area contributed by atoms with Crippen molar-refractivity contribution in [2.75, 3.05) is 18.0 Å². The van der Waals surface area contributed by atoms with Crippen molar-refractivity contribution in [3.8, 4) is 0 Å². The van der Waals surface area contributed by atoms with E-state index < -0.39 is 18.4 Å². The molecular formula is C19H27NSn. The van der Waals surface area contributed by atoms with Crippen LogP contribution < -0.4 is 4.90 Å². The summed E-state index contributed by atoms with van der Waals surface area (Å²) in [7, 11) is 0. The van der Waals surface area contributed by atoms with Crippen LogP contribution in [0.2, 0.25) is 14.8 Å². The van der Waals surface area contributed by atoms with Gasteiger partial charge in [0.25, 0.3) is 0 Å². The quantitative estimate of drug-likeness (QED) is 0.650. The number of anilines is 1. The third-order valence-corrected chi connectivity index (χ3v) is 8.54. The zero-order chi connectivity index (χ0) is 14.9. The normalized spacial score (nSPS) is 16.4. The van der Waals surface area contributed by atoms with Crippen LogP contribution in [0.15, 0.2) is 36.4 Å². The number of fused-ring (bicyclic) bond motifs is 1. The van der Waals surface area contributed by atoms with Crippen molar-refractivity contribution in [2.24, 2.45) is 0 Å². The van der Waals surface area contributed by atoms with Crippen LogP contribution in [0.25, 0.3) is 10.8 Å². The van der Waals surface area contributed by atoms with E-state index in [2.05, 4.69) is 56.1 Å². The molecule has 1 saturated heterocycles. The molecule has 0 radical (unpaired) electrons. The first-order chi connectivity index (χ1) is 10.0. The molecule has 1 heterocycles. The van der Waals surface area contributed by atoms with Crippen LogP contribution in [0, 0.1) is 0 Å². The summed E-state index contributed by atoms with van der Waals surface area (Å²) in [5.41, 5.74) is 2.95. The second-order valence-electron chi connectivity index (χ2n) is 7.65. The molecule has 1 aliphatic rings. The molecule has 1 fully saturated rings. The predicted octanol–water partition coefficient (Wildman–Crippen LogP) is 5.25. The Bertz CT molecular complexity index is 621. The zero-order valence-electron chi connectivity index (χ0n) is 13.7. The van der Waals surface area contributed by atoms with E-state index in [4.69, 9.17) is 0 Å². The second-order valence-corrected chi connectivity index (χ2v) is 23.3. The third kappa shape index (κ3) is 3.94. The van der Waals surface area contributed by atoms with E-state index in [0.29, 0.717) is 0 Å². The topological polar surface area (TPSA) is 3.24 Å². The molecule has 0 saturated carbocycles. The van der Waals surface area contributed by atoms with Crippen LogP contribution in [-0.2, 0) is 4.44 Å². The van der Waals surface area contributed by atoms with Crippen LogP contribution in [0.4, 0.5) is 5.69 Å². The van der Waals surface area contributed by atoms with Gasteiger partial charge in [-0.15, -0.1) is 0 Å². The van der Waals surface area contributed by atoms with Gasteiger partial charge in [0.2, 0.25) is 0 Å². The summed E-state index contributed by atoms with van der Waals surface area (Å²) in [6.45, 7) is 2.45. The first-order valence-electron chi connectivity index (χ1n) is 8.29. The van der Waals surface area contributed by atoms with Crippen LogP contribution >= 0.6 is 0 Å². The average Bonchev–Trinajstić information content (AvgIpc) is 2.46. The summed E-state index contributed by atoms with van der Waals surface area (Å²) in [5, 5.41) is 2.80. The molecular weight excluding hydrogens is 361 g/mol. The molecule has 21 heavy (non-hydrogen) atoms. The number of hydrogen-bond acceptors (Lipinski definition) is 1. The van der Waals surface area contributed by atoms with Crippen molar-refractivity contribution in [3.05, 3.63) is 42.0 Å². The van der Waals surface area contributed by atoms with E-state index in [9.17, 15) is 0 Å². The van der Waals surface area contributed by atoms with Gasteiger partial charge in [0.05, 0.1) is 0 Å². The Morgan fingerprint density at radius 1 is 0.857 bits per heavy atom. The fourth-order valence-electron chi connectivity index (χ4n) is 3.35. The predicted molar refractivity (Wildman–Crippen MR) is 97.1 cm³/mol. The van der Waals surface area contributed by atoms with E-state index >= 15 is 0 Å². The Kier molecular flexibility index (Phi) is 4.48. The zero-order valence-corrected chi connectivity index (χ0v) is 16.5. The summed E-state index contributed by atoms with van der Waals surface area (Å²) < 4.78 is 1.35. The molecule has 0 unspecified atom stereocenters. The van der Waals surface area contributed by atoms with E-state index in [1.54, 1.807) is 0 Å². The maximum atomic E-state index is 2.54. The van der Waals surface area contributed by atoms with Crippen LogP contribution in [-0.4, -0.2) is 31.5 Å². The van der Waals surface area contributed by atoms with Gasteiger partial charge >= 0.3 is 133 Å². The summed E-state index contributed by atoms with van der Waals surface area (Å²) >= 11 is -1.74. The van der Waals surface area contributed by atoms with Crippen LogP contribution in [0.3, 0.4) is 0 Å². The van der Waals surface area contributed by atoms with Crippen molar-refractivity contribution in [3.63, 3.8) is 0 Å². The number of hydrogen-bond donors (Lipinski definition) is 0. The Labute approximate surface area is 133 Å². The monoisotopic (exact) mass is 389 g/mol. The number of piperidine rings is 1. The fourth-order valence-corrected chi connectivity index (χ4v) is 7.48. The van der Waals surface area contributed by atoms with Crippen molar-refractivity contribution in [1.29, 1.82) is 0 Å². The van der Waals surface area contributed by atoms with Crippen LogP contribution in [0.1, 0.15) is 24.8 Å². The summed E-state index contributed by atoms with van der Waals surface area (Å²) in [6, 6.07) is 14.1. The van der Waals surface area contributed by atoms with Gasteiger partial charge in [-0.3, -0.25) is 0 Å². The molecule has 0 spiro atoms. The minimum atomic E-state index is -1.74. The SMILES string of the molecule is [CH3][Sn]([CH3])([CH3])[CH2]c1ccc2cc(N3CCCCC3)ccc2c1. The van der Waals surface area contributed by atoms with Gasteiger partial charge < -0.3 is 0 Å². The van der Waals surface area contributed by atoms with E-state index in [0.717, 1.165) is 0 Å². The molecule has 0 aliphatic carbocycles. The summed E-state index contributed by atoms with van der Waals surface area (Å²) in [4.78, 5) is 10.1. The minimum absolute atomic E-state index is 1.22. The molecule has 0 bridgehead atoms. The molecule has 0 N–H and O–H groups in total.